The number of hydrogen-bond acceptors (Lipinski definition) is 10. The van der Waals surface area contributed by atoms with Gasteiger partial charge in [0.2, 0.25) is 0 Å². The van der Waals surface area contributed by atoms with Crippen molar-refractivity contribution in [1.29, 1.82) is 0 Å². The van der Waals surface area contributed by atoms with Crippen LogP contribution in [0.4, 0.5) is 0 Å². The summed E-state index contributed by atoms with van der Waals surface area (Å²) in [5.74, 6) is 0. The molecular weight excluding hydrogens is 635 g/mol. The first-order chi connectivity index (χ1) is 21.4. The summed E-state index contributed by atoms with van der Waals surface area (Å²) in [7, 11) is 3.51. The molecule has 2 fully saturated rings. The van der Waals surface area contributed by atoms with Gasteiger partial charge in [-0.25, -0.2) is 9.97 Å². The molecule has 2 aromatic heterocycles. The van der Waals surface area contributed by atoms with Crippen LogP contribution in [-0.2, 0) is 22.6 Å². The first-order valence-electron chi connectivity index (χ1n) is 14.3. The largest absolute Gasteiger partial charge is 0.379 e. The Hall–Kier alpha value is -2.28. The van der Waals surface area contributed by atoms with Crippen molar-refractivity contribution < 1.29 is 9.47 Å². The fourth-order valence-electron chi connectivity index (χ4n) is 5.50. The van der Waals surface area contributed by atoms with Crippen molar-refractivity contribution in [2.45, 2.75) is 35.3 Å². The Morgan fingerprint density at radius 3 is 1.43 bits per heavy atom. The predicted molar refractivity (Wildman–Crippen MR) is 180 cm³/mol. The summed E-state index contributed by atoms with van der Waals surface area (Å²) in [5.41, 5.74) is 6.61. The third-order valence-corrected chi connectivity index (χ3v) is 10.4. The molecule has 0 spiro atoms. The highest BCUT2D eigenvalue weighted by Gasteiger charge is 2.29. The molecule has 4 aromatic rings. The highest BCUT2D eigenvalue weighted by atomic mass is 35.5. The zero-order valence-electron chi connectivity index (χ0n) is 25.1. The Balaban J connectivity index is 1.27. The molecule has 2 saturated heterocycles. The standard InChI is InChI=1S/C32H34Cl2N6O2S2/c1-41-19-13-39(14-19)17-27-31(43-3)37-25(11-35-27)23-9-5-7-21(29(23)33)22-8-6-10-24(30(22)34)26-12-36-28(32(38-26)44-4)18-40-15-20(16-40)42-2/h5-12,19-20H,13-18H2,1-4H3. The third kappa shape index (κ3) is 6.50. The number of hydrogen-bond donors (Lipinski definition) is 0. The van der Waals surface area contributed by atoms with Crippen LogP contribution in [0.2, 0.25) is 10.0 Å². The zero-order valence-corrected chi connectivity index (χ0v) is 28.2. The van der Waals surface area contributed by atoms with Crippen LogP contribution in [0.25, 0.3) is 33.6 Å². The topological polar surface area (TPSA) is 76.5 Å². The second kappa shape index (κ2) is 14.0. The van der Waals surface area contributed by atoms with Gasteiger partial charge in [0.1, 0.15) is 10.1 Å². The molecule has 0 atom stereocenters. The SMILES string of the molecule is COC1CN(Cc2ncc(-c3cccc(-c4cccc(-c5cnc(CN6CC(OC)C6)c(SC)n5)c4Cl)c3Cl)nc2SC)C1. The first kappa shape index (κ1) is 31.7. The van der Waals surface area contributed by atoms with Crippen LogP contribution >= 0.6 is 46.7 Å². The zero-order chi connectivity index (χ0) is 30.8. The lowest BCUT2D eigenvalue weighted by Crippen LogP contribution is -2.51. The summed E-state index contributed by atoms with van der Waals surface area (Å²) < 4.78 is 10.8. The third-order valence-electron chi connectivity index (χ3n) is 8.11. The van der Waals surface area contributed by atoms with Gasteiger partial charge in [-0.3, -0.25) is 19.8 Å². The molecule has 0 unspecified atom stereocenters. The lowest BCUT2D eigenvalue weighted by molar-refractivity contribution is -0.0344. The molecule has 44 heavy (non-hydrogen) atoms. The second-order valence-corrected chi connectivity index (χ2v) is 13.2. The van der Waals surface area contributed by atoms with Gasteiger partial charge in [-0.1, -0.05) is 59.6 Å². The molecule has 0 bridgehead atoms. The molecule has 8 nitrogen and oxygen atoms in total. The van der Waals surface area contributed by atoms with E-state index in [9.17, 15) is 0 Å². The minimum Gasteiger partial charge on any atom is -0.379 e. The first-order valence-corrected chi connectivity index (χ1v) is 17.5. The van der Waals surface area contributed by atoms with Crippen LogP contribution in [0.1, 0.15) is 11.4 Å². The average molecular weight is 670 g/mol. The molecule has 2 aromatic carbocycles. The van der Waals surface area contributed by atoms with E-state index in [0.717, 1.165) is 94.3 Å². The summed E-state index contributed by atoms with van der Waals surface area (Å²) in [6.45, 7) is 5.11. The predicted octanol–water partition coefficient (Wildman–Crippen LogP) is 6.68. The van der Waals surface area contributed by atoms with Gasteiger partial charge < -0.3 is 9.47 Å². The Labute approximate surface area is 276 Å². The van der Waals surface area contributed by atoms with Crippen LogP contribution in [0.5, 0.6) is 0 Å². The summed E-state index contributed by atoms with van der Waals surface area (Å²) in [6.07, 6.45) is 8.25. The fraction of sp³-hybridized carbons (Fsp3) is 0.375. The summed E-state index contributed by atoms with van der Waals surface area (Å²) >= 11 is 17.4. The summed E-state index contributed by atoms with van der Waals surface area (Å²) in [4.78, 5) is 24.1. The number of benzene rings is 2. The van der Waals surface area contributed by atoms with Crippen molar-refractivity contribution in [1.82, 2.24) is 29.7 Å². The van der Waals surface area contributed by atoms with Crippen molar-refractivity contribution in [3.05, 3.63) is 70.2 Å². The number of nitrogens with zero attached hydrogens (tertiary/aromatic N) is 6. The minimum absolute atomic E-state index is 0.297. The lowest BCUT2D eigenvalue weighted by Gasteiger charge is -2.37. The molecule has 4 heterocycles. The number of halogens is 2. The number of likely N-dealkylation sites (tertiary alicyclic amines) is 2. The smallest absolute Gasteiger partial charge is 0.119 e. The van der Waals surface area contributed by atoms with E-state index in [-0.39, 0.29) is 0 Å². The van der Waals surface area contributed by atoms with Crippen molar-refractivity contribution in [2.75, 3.05) is 52.9 Å². The van der Waals surface area contributed by atoms with Crippen molar-refractivity contribution in [2.24, 2.45) is 0 Å². The second-order valence-electron chi connectivity index (χ2n) is 10.9. The lowest BCUT2D eigenvalue weighted by atomic mass is 9.98. The Kier molecular flexibility index (Phi) is 10.1. The maximum absolute atomic E-state index is 7.09. The molecule has 0 radical (unpaired) electrons. The fourth-order valence-corrected chi connectivity index (χ4v) is 7.23. The Morgan fingerprint density at radius 2 is 1.07 bits per heavy atom. The maximum atomic E-state index is 7.09. The van der Waals surface area contributed by atoms with E-state index in [4.69, 9.17) is 52.6 Å². The number of aromatic nitrogens is 4. The van der Waals surface area contributed by atoms with Crippen LogP contribution in [0, 0.1) is 0 Å². The van der Waals surface area contributed by atoms with Crippen molar-refractivity contribution in [3.63, 3.8) is 0 Å². The molecule has 0 saturated carbocycles. The summed E-state index contributed by atoms with van der Waals surface area (Å²) in [5, 5.41) is 2.93. The van der Waals surface area contributed by atoms with E-state index < -0.39 is 0 Å². The number of ether oxygens (including phenoxy) is 2. The van der Waals surface area contributed by atoms with E-state index in [0.29, 0.717) is 22.3 Å². The average Bonchev–Trinajstić information content (AvgIpc) is 3.01. The van der Waals surface area contributed by atoms with Crippen LogP contribution in [-0.4, -0.2) is 94.9 Å². The number of methoxy groups -OCH3 is 2. The molecule has 2 aliphatic heterocycles. The van der Waals surface area contributed by atoms with Gasteiger partial charge in [-0.05, 0) is 12.5 Å². The highest BCUT2D eigenvalue weighted by molar-refractivity contribution is 7.98. The molecule has 12 heteroatoms. The van der Waals surface area contributed by atoms with E-state index >= 15 is 0 Å². The van der Waals surface area contributed by atoms with Gasteiger partial charge in [0, 0.05) is 75.7 Å². The molecule has 230 valence electrons. The Bertz CT molecular complexity index is 1530. The monoisotopic (exact) mass is 668 g/mol. The van der Waals surface area contributed by atoms with Gasteiger partial charge in [-0.15, -0.1) is 23.5 Å². The molecule has 0 N–H and O–H groups in total. The van der Waals surface area contributed by atoms with Gasteiger partial charge in [0.25, 0.3) is 0 Å². The van der Waals surface area contributed by atoms with E-state index in [1.54, 1.807) is 37.7 Å². The molecular formula is C32H34Cl2N6O2S2. The van der Waals surface area contributed by atoms with Crippen LogP contribution < -0.4 is 0 Å². The quantitative estimate of drug-likeness (QED) is 0.162. The van der Waals surface area contributed by atoms with Crippen molar-refractivity contribution in [3.8, 4) is 33.6 Å². The van der Waals surface area contributed by atoms with E-state index in [2.05, 4.69) is 9.80 Å². The van der Waals surface area contributed by atoms with Crippen LogP contribution in [0.15, 0.2) is 58.8 Å². The molecule has 6 rings (SSSR count). The summed E-state index contributed by atoms with van der Waals surface area (Å²) in [6, 6.07) is 11.8. The van der Waals surface area contributed by atoms with E-state index in [1.807, 2.05) is 61.3 Å². The van der Waals surface area contributed by atoms with Gasteiger partial charge in [-0.2, -0.15) is 0 Å². The maximum Gasteiger partial charge on any atom is 0.119 e. The highest BCUT2D eigenvalue weighted by Crippen LogP contribution is 2.42. The normalized spacial score (nSPS) is 16.2. The number of thioether (sulfide) groups is 2. The van der Waals surface area contributed by atoms with Gasteiger partial charge in [0.05, 0.1) is 57.4 Å². The molecule has 2 aliphatic rings. The number of rotatable bonds is 11. The van der Waals surface area contributed by atoms with Crippen molar-refractivity contribution >= 4 is 46.7 Å². The van der Waals surface area contributed by atoms with E-state index in [1.165, 1.54) is 0 Å². The van der Waals surface area contributed by atoms with Gasteiger partial charge >= 0.3 is 0 Å². The Morgan fingerprint density at radius 1 is 0.682 bits per heavy atom. The molecule has 0 aliphatic carbocycles. The van der Waals surface area contributed by atoms with Crippen LogP contribution in [0.3, 0.4) is 0 Å². The minimum atomic E-state index is 0.297. The molecule has 0 amide bonds. The van der Waals surface area contributed by atoms with Gasteiger partial charge in [0.15, 0.2) is 0 Å².